The summed E-state index contributed by atoms with van der Waals surface area (Å²) in [5.74, 6) is -0.793. The Hall–Kier alpha value is 0.430. The van der Waals surface area contributed by atoms with Crippen LogP contribution in [0.2, 0.25) is 0 Å². The van der Waals surface area contributed by atoms with Crippen molar-refractivity contribution in [1.29, 1.82) is 0 Å². The molecule has 2 N–H and O–H groups in total. The van der Waals surface area contributed by atoms with Crippen molar-refractivity contribution >= 4 is 5.97 Å². The predicted molar refractivity (Wildman–Crippen MR) is 25.1 cm³/mol. The van der Waals surface area contributed by atoms with Gasteiger partial charge in [0.25, 0.3) is 0 Å². The molecule has 0 aliphatic carbocycles. The molecule has 0 atom stereocenters. The Kier molecular flexibility index (Phi) is 3.64. The fraction of sp³-hybridized carbons (Fsp3) is 0.750. The topological polar surface area (TPSA) is 49.3 Å². The molecule has 8 heavy (non-hydrogen) atoms. The van der Waals surface area contributed by atoms with E-state index >= 15 is 0 Å². The first-order chi connectivity index (χ1) is 3.30. The van der Waals surface area contributed by atoms with Gasteiger partial charge in [-0.15, -0.1) is 0 Å². The molecule has 0 unspecified atom stereocenters. The van der Waals surface area contributed by atoms with Crippen LogP contribution in [0.4, 0.5) is 0 Å². The summed E-state index contributed by atoms with van der Waals surface area (Å²) >= 11 is 0. The third-order valence-corrected chi connectivity index (χ3v) is 1.13. The van der Waals surface area contributed by atoms with Crippen LogP contribution in [-0.4, -0.2) is 24.2 Å². The molecule has 0 radical (unpaired) electrons. The van der Waals surface area contributed by atoms with Gasteiger partial charge in [0.1, 0.15) is 0 Å². The van der Waals surface area contributed by atoms with Crippen LogP contribution in [-0.2, 0) is 4.79 Å². The molecule has 3 nitrogen and oxygen atoms in total. The van der Waals surface area contributed by atoms with Gasteiger partial charge < -0.3 is 11.8 Å². The van der Waals surface area contributed by atoms with Gasteiger partial charge >= 0.3 is 35.5 Å². The van der Waals surface area contributed by atoms with E-state index in [-0.39, 0.29) is 36.9 Å². The number of carboxylic acids is 1. The standard InChI is InChI=1S/C4H7NO2.Na.H/c6-4(7)3-1-5-2-3;;/h3,5H,1-2H2,(H,6,7);;/q;+1;-1. The summed E-state index contributed by atoms with van der Waals surface area (Å²) in [6.07, 6.45) is 0. The van der Waals surface area contributed by atoms with Crippen molar-refractivity contribution in [3.63, 3.8) is 0 Å². The van der Waals surface area contributed by atoms with Crippen LogP contribution in [0.5, 0.6) is 0 Å². The number of aliphatic carboxylic acids is 1. The molecular formula is C4H8NNaO2. The molecule has 1 fully saturated rings. The minimum Gasteiger partial charge on any atom is -1.00 e. The van der Waals surface area contributed by atoms with E-state index in [1.165, 1.54) is 0 Å². The molecule has 0 bridgehead atoms. The van der Waals surface area contributed by atoms with Crippen LogP contribution in [0.15, 0.2) is 0 Å². The zero-order chi connectivity index (χ0) is 5.28. The quantitative estimate of drug-likeness (QED) is 0.356. The third kappa shape index (κ3) is 1.74. The predicted octanol–water partition coefficient (Wildman–Crippen LogP) is -3.59. The van der Waals surface area contributed by atoms with Crippen LogP contribution >= 0.6 is 0 Å². The normalized spacial score (nSPS) is 18.5. The number of hydrogen-bond donors (Lipinski definition) is 2. The van der Waals surface area contributed by atoms with Crippen LogP contribution < -0.4 is 34.9 Å². The fourth-order valence-electron chi connectivity index (χ4n) is 0.463. The van der Waals surface area contributed by atoms with Gasteiger partial charge in [-0.05, 0) is 0 Å². The Morgan fingerprint density at radius 1 is 1.75 bits per heavy atom. The van der Waals surface area contributed by atoms with Crippen molar-refractivity contribution in [2.45, 2.75) is 0 Å². The van der Waals surface area contributed by atoms with E-state index in [0.29, 0.717) is 13.1 Å². The smallest absolute Gasteiger partial charge is 1.00 e. The zero-order valence-electron chi connectivity index (χ0n) is 5.85. The van der Waals surface area contributed by atoms with Gasteiger partial charge in [0.15, 0.2) is 0 Å². The van der Waals surface area contributed by atoms with Crippen LogP contribution in [0.25, 0.3) is 0 Å². The molecule has 1 heterocycles. The van der Waals surface area contributed by atoms with Crippen molar-refractivity contribution in [2.75, 3.05) is 13.1 Å². The summed E-state index contributed by atoms with van der Waals surface area (Å²) in [7, 11) is 0. The largest absolute Gasteiger partial charge is 1.00 e. The molecule has 1 rings (SSSR count). The van der Waals surface area contributed by atoms with Gasteiger partial charge in [0, 0.05) is 13.1 Å². The SMILES string of the molecule is O=C(O)C1CNC1.[H-].[Na+]. The molecule has 4 heteroatoms. The van der Waals surface area contributed by atoms with Crippen molar-refractivity contribution in [1.82, 2.24) is 5.32 Å². The van der Waals surface area contributed by atoms with E-state index in [0.717, 1.165) is 0 Å². The van der Waals surface area contributed by atoms with E-state index in [9.17, 15) is 4.79 Å². The van der Waals surface area contributed by atoms with E-state index in [1.54, 1.807) is 0 Å². The number of carbonyl (C=O) groups is 1. The second-order valence-electron chi connectivity index (χ2n) is 1.69. The third-order valence-electron chi connectivity index (χ3n) is 1.13. The maximum absolute atomic E-state index is 9.94. The Bertz CT molecular complexity index is 96.6. The maximum atomic E-state index is 9.94. The first-order valence-electron chi connectivity index (χ1n) is 2.24. The number of nitrogens with one attached hydrogen (secondary N) is 1. The van der Waals surface area contributed by atoms with E-state index < -0.39 is 5.97 Å². The summed E-state index contributed by atoms with van der Waals surface area (Å²) in [5.41, 5.74) is 0. The molecule has 0 amide bonds. The summed E-state index contributed by atoms with van der Waals surface area (Å²) in [6.45, 7) is 1.30. The Labute approximate surface area is 71.2 Å². The van der Waals surface area contributed by atoms with Gasteiger partial charge in [0.05, 0.1) is 5.92 Å². The number of carboxylic acid groups (broad SMARTS) is 1. The Morgan fingerprint density at radius 3 is 2.25 bits per heavy atom. The average molecular weight is 125 g/mol. The fourth-order valence-corrected chi connectivity index (χ4v) is 0.463. The summed E-state index contributed by atoms with van der Waals surface area (Å²) in [4.78, 5) is 9.94. The van der Waals surface area contributed by atoms with Crippen LogP contribution in [0, 0.1) is 5.92 Å². The van der Waals surface area contributed by atoms with Gasteiger partial charge in [-0.1, -0.05) is 0 Å². The van der Waals surface area contributed by atoms with Crippen LogP contribution in [0.1, 0.15) is 1.43 Å². The average Bonchev–Trinajstić information content (AvgIpc) is 1.23. The number of hydrogen-bond acceptors (Lipinski definition) is 2. The Morgan fingerprint density at radius 2 is 2.25 bits per heavy atom. The molecule has 0 saturated carbocycles. The van der Waals surface area contributed by atoms with Gasteiger partial charge in [-0.2, -0.15) is 0 Å². The summed E-state index contributed by atoms with van der Waals surface area (Å²) in [6, 6.07) is 0. The molecular weight excluding hydrogens is 117 g/mol. The minimum absolute atomic E-state index is 0. The molecule has 1 saturated heterocycles. The van der Waals surface area contributed by atoms with E-state index in [1.807, 2.05) is 0 Å². The molecule has 0 spiro atoms. The van der Waals surface area contributed by atoms with Gasteiger partial charge in [-0.25, -0.2) is 0 Å². The first kappa shape index (κ1) is 8.43. The van der Waals surface area contributed by atoms with E-state index in [4.69, 9.17) is 5.11 Å². The van der Waals surface area contributed by atoms with Crippen molar-refractivity contribution in [2.24, 2.45) is 5.92 Å². The van der Waals surface area contributed by atoms with Crippen molar-refractivity contribution in [3.05, 3.63) is 0 Å². The van der Waals surface area contributed by atoms with Crippen molar-refractivity contribution in [3.8, 4) is 0 Å². The van der Waals surface area contributed by atoms with E-state index in [2.05, 4.69) is 5.32 Å². The molecule has 0 aromatic heterocycles. The zero-order valence-corrected chi connectivity index (χ0v) is 6.85. The van der Waals surface area contributed by atoms with Gasteiger partial charge in [0.2, 0.25) is 0 Å². The maximum Gasteiger partial charge on any atom is 1.00 e. The number of rotatable bonds is 1. The summed E-state index contributed by atoms with van der Waals surface area (Å²) in [5, 5.41) is 11.1. The molecule has 42 valence electrons. The molecule has 0 aromatic rings. The molecule has 0 aromatic carbocycles. The molecule has 1 aliphatic heterocycles. The molecule has 1 aliphatic rings. The summed E-state index contributed by atoms with van der Waals surface area (Å²) < 4.78 is 0. The first-order valence-corrected chi connectivity index (χ1v) is 2.24. The van der Waals surface area contributed by atoms with Gasteiger partial charge in [-0.3, -0.25) is 4.79 Å². The monoisotopic (exact) mass is 125 g/mol. The Balaban J connectivity index is 0. The second kappa shape index (κ2) is 3.45. The van der Waals surface area contributed by atoms with Crippen LogP contribution in [0.3, 0.4) is 0 Å². The minimum atomic E-state index is -0.682. The van der Waals surface area contributed by atoms with Crippen molar-refractivity contribution < 1.29 is 40.9 Å². The second-order valence-corrected chi connectivity index (χ2v) is 1.69.